The van der Waals surface area contributed by atoms with Gasteiger partial charge in [-0.1, -0.05) is 37.7 Å². The van der Waals surface area contributed by atoms with Crippen molar-refractivity contribution in [2.75, 3.05) is 5.75 Å². The lowest BCUT2D eigenvalue weighted by atomic mass is 10.2. The molecule has 0 saturated heterocycles. The molecule has 0 fully saturated rings. The second-order valence-corrected chi connectivity index (χ2v) is 7.42. The maximum absolute atomic E-state index is 4.82. The van der Waals surface area contributed by atoms with E-state index < -0.39 is 0 Å². The first-order valence-electron chi connectivity index (χ1n) is 8.41. The Kier molecular flexibility index (Phi) is 4.36. The van der Waals surface area contributed by atoms with Gasteiger partial charge in [0.05, 0.1) is 5.52 Å². The predicted molar refractivity (Wildman–Crippen MR) is 102 cm³/mol. The molecule has 25 heavy (non-hydrogen) atoms. The topological polar surface area (TPSA) is 56.0 Å². The monoisotopic (exact) mass is 349 g/mol. The number of benzene rings is 1. The van der Waals surface area contributed by atoms with Gasteiger partial charge in [0.25, 0.3) is 0 Å². The molecule has 0 aliphatic rings. The third-order valence-corrected chi connectivity index (χ3v) is 4.96. The summed E-state index contributed by atoms with van der Waals surface area (Å²) in [4.78, 5) is 13.8. The smallest absolute Gasteiger partial charge is 0.191 e. The first-order chi connectivity index (χ1) is 12.2. The van der Waals surface area contributed by atoms with E-state index in [2.05, 4.69) is 18.8 Å². The fourth-order valence-electron chi connectivity index (χ4n) is 2.63. The Bertz CT molecular complexity index is 1010. The predicted octanol–water partition coefficient (Wildman–Crippen LogP) is 4.48. The summed E-state index contributed by atoms with van der Waals surface area (Å²) in [5.74, 6) is 2.36. The van der Waals surface area contributed by atoms with Gasteiger partial charge in [-0.3, -0.25) is 4.98 Å². The van der Waals surface area contributed by atoms with Crippen molar-refractivity contribution in [1.82, 2.24) is 24.6 Å². The van der Waals surface area contributed by atoms with E-state index >= 15 is 0 Å². The molecule has 0 saturated carbocycles. The zero-order chi connectivity index (χ0) is 17.2. The number of para-hydroxylation sites is 1. The molecule has 0 bridgehead atoms. The summed E-state index contributed by atoms with van der Waals surface area (Å²) in [7, 11) is 0. The largest absolute Gasteiger partial charge is 0.264 e. The standard InChI is InChI=1S/C19H19N5S/c1-13(2)9-11-25-19-21-16-8-4-3-7-15(16)18-22-17(23-24(18)19)14-6-5-10-20-12-14/h3-8,10,12-13H,9,11H2,1-2H3. The van der Waals surface area contributed by atoms with Crippen molar-refractivity contribution in [3.63, 3.8) is 0 Å². The highest BCUT2D eigenvalue weighted by Gasteiger charge is 2.14. The van der Waals surface area contributed by atoms with Gasteiger partial charge in [-0.2, -0.15) is 4.52 Å². The molecule has 5 nitrogen and oxygen atoms in total. The third kappa shape index (κ3) is 3.22. The second kappa shape index (κ2) is 6.80. The third-order valence-electron chi connectivity index (χ3n) is 4.00. The Morgan fingerprint density at radius 2 is 1.96 bits per heavy atom. The van der Waals surface area contributed by atoms with Gasteiger partial charge in [-0.15, -0.1) is 5.10 Å². The Balaban J connectivity index is 1.86. The summed E-state index contributed by atoms with van der Waals surface area (Å²) in [5, 5.41) is 6.61. The van der Waals surface area contributed by atoms with Crippen LogP contribution in [0.3, 0.4) is 0 Å². The van der Waals surface area contributed by atoms with E-state index in [1.165, 1.54) is 0 Å². The Hall–Kier alpha value is -2.47. The van der Waals surface area contributed by atoms with Crippen LogP contribution in [0.15, 0.2) is 53.9 Å². The van der Waals surface area contributed by atoms with Crippen LogP contribution in [-0.4, -0.2) is 30.3 Å². The first kappa shape index (κ1) is 16.0. The summed E-state index contributed by atoms with van der Waals surface area (Å²) in [6, 6.07) is 12.0. The molecule has 3 heterocycles. The van der Waals surface area contributed by atoms with Crippen LogP contribution < -0.4 is 0 Å². The Morgan fingerprint density at radius 3 is 2.76 bits per heavy atom. The zero-order valence-electron chi connectivity index (χ0n) is 14.3. The van der Waals surface area contributed by atoms with Crippen LogP contribution in [0.5, 0.6) is 0 Å². The number of thioether (sulfide) groups is 1. The van der Waals surface area contributed by atoms with Crippen molar-refractivity contribution in [2.24, 2.45) is 5.92 Å². The van der Waals surface area contributed by atoms with Crippen molar-refractivity contribution in [3.8, 4) is 11.4 Å². The van der Waals surface area contributed by atoms with Crippen LogP contribution in [0.2, 0.25) is 0 Å². The zero-order valence-corrected chi connectivity index (χ0v) is 15.1. The van der Waals surface area contributed by atoms with Crippen molar-refractivity contribution in [1.29, 1.82) is 0 Å². The number of hydrogen-bond donors (Lipinski definition) is 0. The molecule has 126 valence electrons. The lowest BCUT2D eigenvalue weighted by molar-refractivity contribution is 0.631. The number of aromatic nitrogens is 5. The van der Waals surface area contributed by atoms with Gasteiger partial charge in [0, 0.05) is 29.1 Å². The molecule has 0 spiro atoms. The minimum atomic E-state index is 0.671. The molecular formula is C19H19N5S. The lowest BCUT2D eigenvalue weighted by Crippen LogP contribution is -1.99. The van der Waals surface area contributed by atoms with Crippen molar-refractivity contribution in [3.05, 3.63) is 48.8 Å². The fourth-order valence-corrected chi connectivity index (χ4v) is 3.81. The van der Waals surface area contributed by atoms with Crippen molar-refractivity contribution < 1.29 is 0 Å². The van der Waals surface area contributed by atoms with Gasteiger partial charge in [-0.05, 0) is 36.6 Å². The summed E-state index contributed by atoms with van der Waals surface area (Å²) in [5.41, 5.74) is 2.71. The fraction of sp³-hybridized carbons (Fsp3) is 0.263. The number of fused-ring (bicyclic) bond motifs is 3. The highest BCUT2D eigenvalue weighted by atomic mass is 32.2. The maximum Gasteiger partial charge on any atom is 0.191 e. The molecule has 4 rings (SSSR count). The van der Waals surface area contributed by atoms with Crippen LogP contribution in [-0.2, 0) is 0 Å². The maximum atomic E-state index is 4.82. The molecule has 1 aromatic carbocycles. The van der Waals surface area contributed by atoms with E-state index in [9.17, 15) is 0 Å². The highest BCUT2D eigenvalue weighted by Crippen LogP contribution is 2.26. The molecular weight excluding hydrogens is 330 g/mol. The van der Waals surface area contributed by atoms with E-state index in [0.717, 1.165) is 39.4 Å². The van der Waals surface area contributed by atoms with Crippen LogP contribution in [0.4, 0.5) is 0 Å². The lowest BCUT2D eigenvalue weighted by Gasteiger charge is -2.07. The average Bonchev–Trinajstić information content (AvgIpc) is 3.08. The minimum Gasteiger partial charge on any atom is -0.264 e. The summed E-state index contributed by atoms with van der Waals surface area (Å²) in [6.45, 7) is 4.47. The molecule has 0 N–H and O–H groups in total. The van der Waals surface area contributed by atoms with E-state index in [1.807, 2.05) is 40.9 Å². The van der Waals surface area contributed by atoms with Gasteiger partial charge in [0.15, 0.2) is 16.6 Å². The van der Waals surface area contributed by atoms with Gasteiger partial charge in [0.2, 0.25) is 0 Å². The van der Waals surface area contributed by atoms with Gasteiger partial charge in [-0.25, -0.2) is 9.97 Å². The summed E-state index contributed by atoms with van der Waals surface area (Å²) >= 11 is 1.74. The van der Waals surface area contributed by atoms with Crippen LogP contribution >= 0.6 is 11.8 Å². The minimum absolute atomic E-state index is 0.671. The average molecular weight is 349 g/mol. The molecule has 0 atom stereocenters. The quantitative estimate of drug-likeness (QED) is 0.393. The second-order valence-electron chi connectivity index (χ2n) is 6.36. The summed E-state index contributed by atoms with van der Waals surface area (Å²) in [6.07, 6.45) is 4.68. The SMILES string of the molecule is CC(C)CCSc1nc2ccccc2c2nc(-c3cccnc3)nn12. The number of nitrogens with zero attached hydrogens (tertiary/aromatic N) is 5. The molecule has 0 unspecified atom stereocenters. The van der Waals surface area contributed by atoms with Gasteiger partial charge >= 0.3 is 0 Å². The molecule has 6 heteroatoms. The van der Waals surface area contributed by atoms with Gasteiger partial charge < -0.3 is 0 Å². The van der Waals surface area contributed by atoms with E-state index in [0.29, 0.717) is 11.7 Å². The van der Waals surface area contributed by atoms with Crippen LogP contribution in [0.1, 0.15) is 20.3 Å². The highest BCUT2D eigenvalue weighted by molar-refractivity contribution is 7.99. The van der Waals surface area contributed by atoms with Crippen LogP contribution in [0, 0.1) is 5.92 Å². The number of rotatable bonds is 5. The number of hydrogen-bond acceptors (Lipinski definition) is 5. The first-order valence-corrected chi connectivity index (χ1v) is 9.39. The molecule has 0 aliphatic carbocycles. The van der Waals surface area contributed by atoms with Crippen LogP contribution in [0.25, 0.3) is 27.9 Å². The Labute approximate surface area is 150 Å². The summed E-state index contributed by atoms with van der Waals surface area (Å²) < 4.78 is 1.87. The van der Waals surface area contributed by atoms with Crippen molar-refractivity contribution >= 4 is 28.3 Å². The number of pyridine rings is 1. The molecule has 4 aromatic rings. The van der Waals surface area contributed by atoms with Gasteiger partial charge in [0.1, 0.15) is 0 Å². The molecule has 3 aromatic heterocycles. The Morgan fingerprint density at radius 1 is 1.08 bits per heavy atom. The molecule has 0 radical (unpaired) electrons. The molecule has 0 aliphatic heterocycles. The normalized spacial score (nSPS) is 11.6. The van der Waals surface area contributed by atoms with E-state index in [4.69, 9.17) is 15.1 Å². The van der Waals surface area contributed by atoms with E-state index in [1.54, 1.807) is 24.2 Å². The van der Waals surface area contributed by atoms with Crippen molar-refractivity contribution in [2.45, 2.75) is 25.4 Å². The van der Waals surface area contributed by atoms with E-state index in [-0.39, 0.29) is 0 Å². The molecule has 0 amide bonds.